The van der Waals surface area contributed by atoms with Crippen LogP contribution in [0.1, 0.15) is 0 Å². The highest BCUT2D eigenvalue weighted by Crippen LogP contribution is 1.90. The molecule has 0 aliphatic rings. The summed E-state index contributed by atoms with van der Waals surface area (Å²) >= 11 is 0. The van der Waals surface area contributed by atoms with Gasteiger partial charge in [-0.2, -0.15) is 0 Å². The van der Waals surface area contributed by atoms with Crippen molar-refractivity contribution in [3.8, 4) is 5.82 Å². The molecule has 0 amide bonds. The van der Waals surface area contributed by atoms with Gasteiger partial charge in [0.15, 0.2) is 0 Å². The largest absolute Gasteiger partial charge is 0.203 e. The topological polar surface area (TPSA) is 95.2 Å². The maximum atomic E-state index is 3.62. The van der Waals surface area contributed by atoms with Crippen molar-refractivity contribution in [3.05, 3.63) is 12.3 Å². The Morgan fingerprint density at radius 1 is 1.09 bits per heavy atom. The molecule has 0 atom stereocenters. The predicted octanol–water partition coefficient (Wildman–Crippen LogP) is -1.76. The molecule has 0 spiro atoms. The van der Waals surface area contributed by atoms with Crippen molar-refractivity contribution in [2.24, 2.45) is 0 Å². The molecular formula is C3H2N8. The van der Waals surface area contributed by atoms with Gasteiger partial charge in [0, 0.05) is 6.07 Å². The van der Waals surface area contributed by atoms with E-state index in [1.807, 2.05) is 0 Å². The Labute approximate surface area is 60.2 Å². The molecule has 0 aliphatic carbocycles. The Hall–Kier alpha value is -1.99. The molecular weight excluding hydrogens is 148 g/mol. The molecule has 2 rings (SSSR count). The molecule has 0 aromatic carbocycles. The first-order valence-corrected chi connectivity index (χ1v) is 2.73. The Morgan fingerprint density at radius 2 is 1.91 bits per heavy atom. The highest BCUT2D eigenvalue weighted by Gasteiger charge is 1.98. The molecule has 0 saturated carbocycles. The van der Waals surface area contributed by atoms with E-state index in [0.717, 1.165) is 4.80 Å². The third-order valence-electron chi connectivity index (χ3n) is 0.983. The van der Waals surface area contributed by atoms with E-state index in [-0.39, 0.29) is 0 Å². The monoisotopic (exact) mass is 150 g/mol. The van der Waals surface area contributed by atoms with Crippen molar-refractivity contribution in [1.82, 2.24) is 41.1 Å². The molecule has 8 nitrogen and oxygen atoms in total. The molecule has 0 fully saturated rings. The molecule has 0 radical (unpaired) electrons. The van der Waals surface area contributed by atoms with E-state index in [1.165, 1.54) is 6.20 Å². The van der Waals surface area contributed by atoms with Crippen LogP contribution in [0.2, 0.25) is 0 Å². The zero-order valence-corrected chi connectivity index (χ0v) is 5.23. The van der Waals surface area contributed by atoms with Crippen molar-refractivity contribution >= 4 is 0 Å². The average Bonchev–Trinajstić information content (AvgIpc) is 2.58. The van der Waals surface area contributed by atoms with Gasteiger partial charge in [0.2, 0.25) is 5.82 Å². The fraction of sp³-hybridized carbons (Fsp3) is 0. The quantitative estimate of drug-likeness (QED) is 0.475. The SMILES string of the molecule is c1cc(-n2nnnn2)nnn1. The van der Waals surface area contributed by atoms with E-state index < -0.39 is 0 Å². The third-order valence-corrected chi connectivity index (χ3v) is 0.983. The normalized spacial score (nSPS) is 9.82. The van der Waals surface area contributed by atoms with Gasteiger partial charge in [-0.3, -0.25) is 0 Å². The molecule has 0 aliphatic heterocycles. The molecule has 11 heavy (non-hydrogen) atoms. The number of hydrogen-bond donors (Lipinski definition) is 0. The first-order valence-electron chi connectivity index (χ1n) is 2.73. The lowest BCUT2D eigenvalue weighted by molar-refractivity contribution is 0.666. The summed E-state index contributed by atoms with van der Waals surface area (Å²) in [5.74, 6) is 0.435. The third kappa shape index (κ3) is 1.000. The lowest BCUT2D eigenvalue weighted by Crippen LogP contribution is -2.03. The second-order valence-electron chi connectivity index (χ2n) is 1.63. The fourth-order valence-electron chi connectivity index (χ4n) is 0.563. The lowest BCUT2D eigenvalue weighted by Gasteiger charge is -1.89. The van der Waals surface area contributed by atoms with Gasteiger partial charge >= 0.3 is 0 Å². The Bertz CT molecular complexity index is 312. The summed E-state index contributed by atoms with van der Waals surface area (Å²) in [6.45, 7) is 0. The molecule has 0 bridgehead atoms. The van der Waals surface area contributed by atoms with Gasteiger partial charge in [0.1, 0.15) is 0 Å². The second-order valence-corrected chi connectivity index (χ2v) is 1.63. The van der Waals surface area contributed by atoms with Crippen molar-refractivity contribution in [1.29, 1.82) is 0 Å². The van der Waals surface area contributed by atoms with E-state index in [2.05, 4.69) is 36.3 Å². The predicted molar refractivity (Wildman–Crippen MR) is 30.3 cm³/mol. The smallest absolute Gasteiger partial charge is 0.139 e. The van der Waals surface area contributed by atoms with Crippen LogP contribution in [0.4, 0.5) is 0 Å². The van der Waals surface area contributed by atoms with Crippen LogP contribution in [-0.2, 0) is 0 Å². The summed E-state index contributed by atoms with van der Waals surface area (Å²) in [4.78, 5) is 1.15. The minimum absolute atomic E-state index is 0.435. The van der Waals surface area contributed by atoms with Crippen LogP contribution in [0.5, 0.6) is 0 Å². The second kappa shape index (κ2) is 2.33. The average molecular weight is 150 g/mol. The van der Waals surface area contributed by atoms with Crippen LogP contribution >= 0.6 is 0 Å². The summed E-state index contributed by atoms with van der Waals surface area (Å²) < 4.78 is 0. The molecule has 0 unspecified atom stereocenters. The summed E-state index contributed by atoms with van der Waals surface area (Å²) in [6, 6.07) is 1.59. The fourth-order valence-corrected chi connectivity index (χ4v) is 0.563. The van der Waals surface area contributed by atoms with E-state index in [9.17, 15) is 0 Å². The van der Waals surface area contributed by atoms with Gasteiger partial charge in [-0.1, -0.05) is 4.80 Å². The Kier molecular flexibility index (Phi) is 1.22. The van der Waals surface area contributed by atoms with Crippen LogP contribution in [0.3, 0.4) is 0 Å². The van der Waals surface area contributed by atoms with Gasteiger partial charge < -0.3 is 0 Å². The van der Waals surface area contributed by atoms with Crippen molar-refractivity contribution in [2.45, 2.75) is 0 Å². The van der Waals surface area contributed by atoms with Crippen LogP contribution < -0.4 is 0 Å². The van der Waals surface area contributed by atoms with Gasteiger partial charge in [-0.15, -0.1) is 10.2 Å². The van der Waals surface area contributed by atoms with E-state index >= 15 is 0 Å². The summed E-state index contributed by atoms with van der Waals surface area (Å²) in [5.41, 5.74) is 0. The van der Waals surface area contributed by atoms with E-state index in [4.69, 9.17) is 0 Å². The van der Waals surface area contributed by atoms with Crippen LogP contribution in [-0.4, -0.2) is 41.1 Å². The molecule has 8 heteroatoms. The maximum Gasteiger partial charge on any atom is 0.203 e. The lowest BCUT2D eigenvalue weighted by atomic mass is 10.6. The number of rotatable bonds is 1. The maximum absolute atomic E-state index is 3.62. The first kappa shape index (κ1) is 5.77. The van der Waals surface area contributed by atoms with Crippen molar-refractivity contribution in [2.75, 3.05) is 0 Å². The molecule has 0 saturated heterocycles. The zero-order valence-electron chi connectivity index (χ0n) is 5.23. The zero-order chi connectivity index (χ0) is 7.52. The summed E-state index contributed by atoms with van der Waals surface area (Å²) in [7, 11) is 0. The minimum Gasteiger partial charge on any atom is -0.139 e. The first-order chi connectivity index (χ1) is 5.47. The standard InChI is InChI=1S/C3H2N8/c1-2-4-6-5-3(1)11-9-7-8-10-11/h1-2H. The molecule has 2 heterocycles. The van der Waals surface area contributed by atoms with Gasteiger partial charge in [0.25, 0.3) is 0 Å². The van der Waals surface area contributed by atoms with Crippen molar-refractivity contribution < 1.29 is 0 Å². The molecule has 54 valence electrons. The van der Waals surface area contributed by atoms with Crippen molar-refractivity contribution in [3.63, 3.8) is 0 Å². The van der Waals surface area contributed by atoms with Gasteiger partial charge in [-0.05, 0) is 26.1 Å². The highest BCUT2D eigenvalue weighted by atomic mass is 15.7. The molecule has 2 aromatic rings. The van der Waals surface area contributed by atoms with Gasteiger partial charge in [0.05, 0.1) is 6.20 Å². The highest BCUT2D eigenvalue weighted by molar-refractivity contribution is 5.10. The van der Waals surface area contributed by atoms with Crippen LogP contribution in [0, 0.1) is 0 Å². The van der Waals surface area contributed by atoms with Crippen LogP contribution in [0.25, 0.3) is 5.82 Å². The summed E-state index contributed by atoms with van der Waals surface area (Å²) in [6.07, 6.45) is 1.48. The Balaban J connectivity index is 2.46. The molecule has 0 N–H and O–H groups in total. The van der Waals surface area contributed by atoms with E-state index in [1.54, 1.807) is 6.07 Å². The summed E-state index contributed by atoms with van der Waals surface area (Å²) in [5, 5.41) is 24.0. The van der Waals surface area contributed by atoms with E-state index in [0.29, 0.717) is 5.82 Å². The van der Waals surface area contributed by atoms with Crippen LogP contribution in [0.15, 0.2) is 12.3 Å². The molecule has 2 aromatic heterocycles. The van der Waals surface area contributed by atoms with Gasteiger partial charge in [-0.25, -0.2) is 0 Å². The number of hydrogen-bond acceptors (Lipinski definition) is 7. The number of aromatic nitrogens is 8. The minimum atomic E-state index is 0.435. The Morgan fingerprint density at radius 3 is 2.55 bits per heavy atom. The number of nitrogens with zero attached hydrogens (tertiary/aromatic N) is 8.